The molecular formula is C27H20N4. The summed E-state index contributed by atoms with van der Waals surface area (Å²) < 4.78 is 0. The van der Waals surface area contributed by atoms with Gasteiger partial charge in [0, 0.05) is 35.9 Å². The lowest BCUT2D eigenvalue weighted by Crippen LogP contribution is -1.95. The van der Waals surface area contributed by atoms with Gasteiger partial charge in [-0.15, -0.1) is 0 Å². The van der Waals surface area contributed by atoms with E-state index >= 15 is 0 Å². The average Bonchev–Trinajstić information content (AvgIpc) is 2.85. The van der Waals surface area contributed by atoms with E-state index in [-0.39, 0.29) is 0 Å². The molecular weight excluding hydrogens is 380 g/mol. The third kappa shape index (κ3) is 4.09. The zero-order valence-electron chi connectivity index (χ0n) is 17.1. The van der Waals surface area contributed by atoms with Gasteiger partial charge in [-0.25, -0.2) is 9.97 Å². The van der Waals surface area contributed by atoms with Crippen LogP contribution in [0, 0.1) is 6.92 Å². The van der Waals surface area contributed by atoms with Crippen molar-refractivity contribution in [3.63, 3.8) is 0 Å². The maximum absolute atomic E-state index is 4.67. The smallest absolute Gasteiger partial charge is 0.126 e. The summed E-state index contributed by atoms with van der Waals surface area (Å²) in [5.74, 6) is 0.754. The minimum Gasteiger partial charge on any atom is -0.265 e. The molecule has 148 valence electrons. The largest absolute Gasteiger partial charge is 0.265 e. The summed E-state index contributed by atoms with van der Waals surface area (Å²) in [6.45, 7) is 1.93. The molecule has 0 unspecified atom stereocenters. The quantitative estimate of drug-likeness (QED) is 0.358. The van der Waals surface area contributed by atoms with Crippen LogP contribution in [-0.4, -0.2) is 19.9 Å². The van der Waals surface area contributed by atoms with Gasteiger partial charge >= 0.3 is 0 Å². The van der Waals surface area contributed by atoms with Crippen molar-refractivity contribution in [2.45, 2.75) is 6.92 Å². The van der Waals surface area contributed by atoms with Gasteiger partial charge in [0.15, 0.2) is 0 Å². The number of aryl methyl sites for hydroxylation is 1. The van der Waals surface area contributed by atoms with Gasteiger partial charge in [-0.2, -0.15) is 0 Å². The fraction of sp³-hybridized carbons (Fsp3) is 0.0370. The fourth-order valence-electron chi connectivity index (χ4n) is 3.62. The molecule has 0 atom stereocenters. The molecule has 4 nitrogen and oxygen atoms in total. The Morgan fingerprint density at radius 3 is 1.13 bits per heavy atom. The van der Waals surface area contributed by atoms with E-state index in [1.165, 1.54) is 0 Å². The van der Waals surface area contributed by atoms with Crippen molar-refractivity contribution in [2.75, 3.05) is 0 Å². The van der Waals surface area contributed by atoms with Gasteiger partial charge < -0.3 is 0 Å². The lowest BCUT2D eigenvalue weighted by atomic mass is 10.0. The molecule has 3 heterocycles. The van der Waals surface area contributed by atoms with E-state index in [4.69, 9.17) is 0 Å². The highest BCUT2D eigenvalue weighted by Gasteiger charge is 2.08. The van der Waals surface area contributed by atoms with Crippen LogP contribution in [0.2, 0.25) is 0 Å². The minimum atomic E-state index is 0.754. The first-order valence-corrected chi connectivity index (χ1v) is 10.1. The van der Waals surface area contributed by atoms with Crippen molar-refractivity contribution < 1.29 is 0 Å². The van der Waals surface area contributed by atoms with Gasteiger partial charge in [-0.05, 0) is 59.5 Å². The Morgan fingerprint density at radius 2 is 0.742 bits per heavy atom. The van der Waals surface area contributed by atoms with E-state index in [2.05, 4.69) is 74.5 Å². The summed E-state index contributed by atoms with van der Waals surface area (Å²) in [5, 5.41) is 0. The highest BCUT2D eigenvalue weighted by atomic mass is 14.9. The lowest BCUT2D eigenvalue weighted by molar-refractivity contribution is 1.06. The van der Waals surface area contributed by atoms with Crippen LogP contribution in [-0.2, 0) is 0 Å². The van der Waals surface area contributed by atoms with Crippen LogP contribution in [0.5, 0.6) is 0 Å². The number of pyridine rings is 2. The zero-order valence-corrected chi connectivity index (χ0v) is 17.1. The van der Waals surface area contributed by atoms with E-state index in [9.17, 15) is 0 Å². The fourth-order valence-corrected chi connectivity index (χ4v) is 3.62. The average molecular weight is 400 g/mol. The van der Waals surface area contributed by atoms with E-state index in [0.717, 1.165) is 50.6 Å². The van der Waals surface area contributed by atoms with Gasteiger partial charge in [-0.3, -0.25) is 9.97 Å². The molecule has 0 radical (unpaired) electrons. The standard InChI is InChI=1S/C27H20N4/c1-19-30-26(24-6-2-20(3-7-24)22-10-14-28-15-11-22)18-27(31-19)25-8-4-21(5-9-25)23-12-16-29-17-13-23/h2-18H,1H3. The monoisotopic (exact) mass is 400 g/mol. The minimum absolute atomic E-state index is 0.754. The molecule has 31 heavy (non-hydrogen) atoms. The first-order valence-electron chi connectivity index (χ1n) is 10.1. The summed E-state index contributed by atoms with van der Waals surface area (Å²) in [4.78, 5) is 17.5. The number of nitrogens with zero attached hydrogens (tertiary/aromatic N) is 4. The van der Waals surface area contributed by atoms with Crippen LogP contribution in [0.25, 0.3) is 44.8 Å². The van der Waals surface area contributed by atoms with Crippen molar-refractivity contribution >= 4 is 0 Å². The topological polar surface area (TPSA) is 51.6 Å². The summed E-state index contributed by atoms with van der Waals surface area (Å²) in [6, 6.07) is 27.0. The summed E-state index contributed by atoms with van der Waals surface area (Å²) in [5.41, 5.74) is 8.58. The highest BCUT2D eigenvalue weighted by molar-refractivity contribution is 5.73. The molecule has 4 heteroatoms. The third-order valence-corrected chi connectivity index (χ3v) is 5.23. The van der Waals surface area contributed by atoms with Gasteiger partial charge in [0.25, 0.3) is 0 Å². The second-order valence-corrected chi connectivity index (χ2v) is 7.31. The van der Waals surface area contributed by atoms with Crippen LogP contribution >= 0.6 is 0 Å². The molecule has 0 bridgehead atoms. The first kappa shape index (κ1) is 18.8. The molecule has 0 saturated carbocycles. The Bertz CT molecular complexity index is 1200. The van der Waals surface area contributed by atoms with Gasteiger partial charge in [0.1, 0.15) is 5.82 Å². The van der Waals surface area contributed by atoms with E-state index < -0.39 is 0 Å². The predicted molar refractivity (Wildman–Crippen MR) is 124 cm³/mol. The van der Waals surface area contributed by atoms with Gasteiger partial charge in [0.2, 0.25) is 0 Å². The summed E-state index contributed by atoms with van der Waals surface area (Å²) in [6.07, 6.45) is 7.24. The Kier molecular flexibility index (Phi) is 5.03. The van der Waals surface area contributed by atoms with Crippen LogP contribution in [0.1, 0.15) is 5.82 Å². The molecule has 0 N–H and O–H groups in total. The highest BCUT2D eigenvalue weighted by Crippen LogP contribution is 2.28. The summed E-state index contributed by atoms with van der Waals surface area (Å²) in [7, 11) is 0. The molecule has 2 aromatic carbocycles. The molecule has 0 aliphatic carbocycles. The van der Waals surface area contributed by atoms with Gasteiger partial charge in [-0.1, -0.05) is 48.5 Å². The number of benzene rings is 2. The normalized spacial score (nSPS) is 10.7. The zero-order chi connectivity index (χ0) is 21.0. The molecule has 5 aromatic rings. The van der Waals surface area contributed by atoms with Crippen LogP contribution < -0.4 is 0 Å². The van der Waals surface area contributed by atoms with Crippen LogP contribution in [0.4, 0.5) is 0 Å². The summed E-state index contributed by atoms with van der Waals surface area (Å²) >= 11 is 0. The Morgan fingerprint density at radius 1 is 0.419 bits per heavy atom. The number of rotatable bonds is 4. The van der Waals surface area contributed by atoms with E-state index in [1.807, 2.05) is 56.0 Å². The van der Waals surface area contributed by atoms with Crippen molar-refractivity contribution in [1.29, 1.82) is 0 Å². The molecule has 3 aromatic heterocycles. The molecule has 0 amide bonds. The molecule has 0 saturated heterocycles. The second-order valence-electron chi connectivity index (χ2n) is 7.31. The molecule has 0 aliphatic rings. The molecule has 0 spiro atoms. The Balaban J connectivity index is 1.45. The van der Waals surface area contributed by atoms with Crippen molar-refractivity contribution in [1.82, 2.24) is 19.9 Å². The number of hydrogen-bond acceptors (Lipinski definition) is 4. The van der Waals surface area contributed by atoms with Crippen molar-refractivity contribution in [2.24, 2.45) is 0 Å². The van der Waals surface area contributed by atoms with E-state index in [0.29, 0.717) is 0 Å². The van der Waals surface area contributed by atoms with Crippen molar-refractivity contribution in [3.05, 3.63) is 109 Å². The lowest BCUT2D eigenvalue weighted by Gasteiger charge is -2.09. The Labute approximate surface area is 181 Å². The maximum atomic E-state index is 4.67. The molecule has 0 aliphatic heterocycles. The van der Waals surface area contributed by atoms with Gasteiger partial charge in [0.05, 0.1) is 11.4 Å². The predicted octanol–water partition coefficient (Wildman–Crippen LogP) is 6.24. The SMILES string of the molecule is Cc1nc(-c2ccc(-c3ccncc3)cc2)cc(-c2ccc(-c3ccncc3)cc2)n1. The first-order chi connectivity index (χ1) is 15.3. The van der Waals surface area contributed by atoms with E-state index in [1.54, 1.807) is 0 Å². The van der Waals surface area contributed by atoms with Crippen LogP contribution in [0.15, 0.2) is 104 Å². The number of aromatic nitrogens is 4. The molecule has 5 rings (SSSR count). The number of hydrogen-bond donors (Lipinski definition) is 0. The Hall–Kier alpha value is -4.18. The second kappa shape index (κ2) is 8.28. The van der Waals surface area contributed by atoms with Crippen molar-refractivity contribution in [3.8, 4) is 44.8 Å². The maximum Gasteiger partial charge on any atom is 0.126 e. The van der Waals surface area contributed by atoms with Crippen LogP contribution in [0.3, 0.4) is 0 Å². The molecule has 0 fully saturated rings. The third-order valence-electron chi connectivity index (χ3n) is 5.23.